The number of nitrogens with one attached hydrogen (secondary N) is 1. The van der Waals surface area contributed by atoms with Gasteiger partial charge in [-0.3, -0.25) is 4.79 Å². The van der Waals surface area contributed by atoms with Crippen molar-refractivity contribution in [1.82, 2.24) is 15.2 Å². The van der Waals surface area contributed by atoms with E-state index in [2.05, 4.69) is 43.6 Å². The van der Waals surface area contributed by atoms with Gasteiger partial charge in [-0.15, -0.1) is 5.10 Å². The van der Waals surface area contributed by atoms with Gasteiger partial charge in [-0.1, -0.05) is 59.7 Å². The number of benzene rings is 2. The predicted molar refractivity (Wildman–Crippen MR) is 137 cm³/mol. The Bertz CT molecular complexity index is 1410. The predicted octanol–water partition coefficient (Wildman–Crippen LogP) is 4.01. The van der Waals surface area contributed by atoms with Gasteiger partial charge in [-0.25, -0.2) is 4.98 Å². The van der Waals surface area contributed by atoms with Gasteiger partial charge in [0.15, 0.2) is 5.78 Å². The zero-order valence-corrected chi connectivity index (χ0v) is 19.6. The van der Waals surface area contributed by atoms with E-state index in [4.69, 9.17) is 9.15 Å². The molecule has 0 bridgehead atoms. The first-order valence-corrected chi connectivity index (χ1v) is 12.0. The number of anilines is 2. The monoisotopic (exact) mass is 479 g/mol. The highest BCUT2D eigenvalue weighted by Crippen LogP contribution is 2.32. The van der Waals surface area contributed by atoms with Gasteiger partial charge < -0.3 is 19.4 Å². The van der Waals surface area contributed by atoms with Crippen LogP contribution in [-0.4, -0.2) is 53.3 Å². The van der Waals surface area contributed by atoms with Crippen LogP contribution in [0, 0.1) is 0 Å². The normalized spacial score (nSPS) is 17.8. The number of nitrogens with zero attached hydrogens (tertiary/aromatic N) is 4. The summed E-state index contributed by atoms with van der Waals surface area (Å²) < 4.78 is 11.5. The van der Waals surface area contributed by atoms with Crippen molar-refractivity contribution in [1.29, 1.82) is 0 Å². The Morgan fingerprint density at radius 2 is 1.67 bits per heavy atom. The maximum absolute atomic E-state index is 13.3. The van der Waals surface area contributed by atoms with Crippen molar-refractivity contribution in [3.63, 3.8) is 0 Å². The number of rotatable bonds is 5. The molecule has 1 aliphatic carbocycles. The van der Waals surface area contributed by atoms with Crippen molar-refractivity contribution in [2.45, 2.75) is 12.5 Å². The first-order valence-electron chi connectivity index (χ1n) is 12.0. The summed E-state index contributed by atoms with van der Waals surface area (Å²) in [7, 11) is 0. The Morgan fingerprint density at radius 1 is 0.889 bits per heavy atom. The summed E-state index contributed by atoms with van der Waals surface area (Å²) in [6, 6.07) is 21.4. The fourth-order valence-electron chi connectivity index (χ4n) is 4.69. The first kappa shape index (κ1) is 22.2. The summed E-state index contributed by atoms with van der Waals surface area (Å²) in [5, 5.41) is 11.6. The molecule has 1 fully saturated rings. The van der Waals surface area contributed by atoms with Crippen molar-refractivity contribution in [2.75, 3.05) is 36.5 Å². The van der Waals surface area contributed by atoms with Gasteiger partial charge in [-0.2, -0.15) is 0 Å². The fourth-order valence-corrected chi connectivity index (χ4v) is 4.69. The lowest BCUT2D eigenvalue weighted by Gasteiger charge is -2.28. The highest BCUT2D eigenvalue weighted by molar-refractivity contribution is 5.97. The highest BCUT2D eigenvalue weighted by Gasteiger charge is 2.27. The zero-order valence-electron chi connectivity index (χ0n) is 19.6. The summed E-state index contributed by atoms with van der Waals surface area (Å²) in [4.78, 5) is 20.0. The molecule has 2 aromatic heterocycles. The second-order valence-electron chi connectivity index (χ2n) is 8.75. The Kier molecular flexibility index (Phi) is 6.01. The van der Waals surface area contributed by atoms with Gasteiger partial charge in [0.25, 0.3) is 5.89 Å². The van der Waals surface area contributed by atoms with Crippen LogP contribution < -0.4 is 10.2 Å². The summed E-state index contributed by atoms with van der Waals surface area (Å²) >= 11 is 0. The first-order chi connectivity index (χ1) is 17.8. The number of carbonyl (C=O) groups is 1. The molecular weight excluding hydrogens is 454 g/mol. The SMILES string of the molecule is O=C1Cc2ccccc2C(c2ccccc2)=C[C@@H]1Nc1nnc(-c2cccnc2N2CCOCC2)o1. The number of pyridine rings is 1. The van der Waals surface area contributed by atoms with Crippen molar-refractivity contribution < 1.29 is 13.9 Å². The van der Waals surface area contributed by atoms with E-state index in [1.54, 1.807) is 6.20 Å². The summed E-state index contributed by atoms with van der Waals surface area (Å²) in [6.07, 6.45) is 4.02. The molecule has 0 unspecified atom stereocenters. The molecule has 1 saturated heterocycles. The molecule has 8 heteroatoms. The number of fused-ring (bicyclic) bond motifs is 1. The van der Waals surface area contributed by atoms with Gasteiger partial charge in [-0.05, 0) is 40.5 Å². The van der Waals surface area contributed by atoms with E-state index in [1.165, 1.54) is 0 Å². The van der Waals surface area contributed by atoms with Gasteiger partial charge in [0.1, 0.15) is 11.9 Å². The lowest BCUT2D eigenvalue weighted by atomic mass is 9.94. The summed E-state index contributed by atoms with van der Waals surface area (Å²) in [5.41, 5.74) is 4.84. The number of hydrogen-bond acceptors (Lipinski definition) is 8. The smallest absolute Gasteiger partial charge is 0.316 e. The molecule has 2 aliphatic rings. The highest BCUT2D eigenvalue weighted by atomic mass is 16.5. The van der Waals surface area contributed by atoms with Gasteiger partial charge in [0.2, 0.25) is 0 Å². The van der Waals surface area contributed by atoms with Crippen LogP contribution in [-0.2, 0) is 16.0 Å². The molecule has 4 aromatic rings. The molecule has 2 aromatic carbocycles. The van der Waals surface area contributed by atoms with Crippen LogP contribution in [0.5, 0.6) is 0 Å². The topological polar surface area (TPSA) is 93.4 Å². The standard InChI is InChI=1S/C28H25N5O3/c34-25-17-20-9-4-5-10-21(20)23(19-7-2-1-3-8-19)18-24(25)30-28-32-31-27(36-28)22-11-6-12-29-26(22)33-13-15-35-16-14-33/h1-12,18,24H,13-17H2,(H,30,32)/t24-/m0/s1. The zero-order chi connectivity index (χ0) is 24.3. The van der Waals surface area contributed by atoms with Gasteiger partial charge in [0.05, 0.1) is 18.8 Å². The van der Waals surface area contributed by atoms with E-state index in [-0.39, 0.29) is 11.8 Å². The lowest BCUT2D eigenvalue weighted by molar-refractivity contribution is -0.118. The largest absolute Gasteiger partial charge is 0.403 e. The van der Waals surface area contributed by atoms with E-state index in [1.807, 2.05) is 54.6 Å². The Labute approximate surface area is 208 Å². The number of carbonyl (C=O) groups excluding carboxylic acids is 1. The minimum Gasteiger partial charge on any atom is -0.403 e. The maximum atomic E-state index is 13.3. The molecule has 0 saturated carbocycles. The lowest BCUT2D eigenvalue weighted by Crippen LogP contribution is -2.37. The quantitative estimate of drug-likeness (QED) is 0.459. The number of ketones is 1. The van der Waals surface area contributed by atoms with Crippen LogP contribution >= 0.6 is 0 Å². The van der Waals surface area contributed by atoms with Gasteiger partial charge in [0, 0.05) is 25.7 Å². The fraction of sp³-hybridized carbons (Fsp3) is 0.214. The molecule has 0 amide bonds. The van der Waals surface area contributed by atoms with Crippen molar-refractivity contribution in [3.8, 4) is 11.5 Å². The Morgan fingerprint density at radius 3 is 2.53 bits per heavy atom. The number of hydrogen-bond donors (Lipinski definition) is 1. The summed E-state index contributed by atoms with van der Waals surface area (Å²) in [5.74, 6) is 1.16. The third kappa shape index (κ3) is 4.38. The molecular formula is C28H25N5O3. The third-order valence-corrected chi connectivity index (χ3v) is 6.47. The van der Waals surface area contributed by atoms with Crippen molar-refractivity contribution in [3.05, 3.63) is 95.7 Å². The van der Waals surface area contributed by atoms with Gasteiger partial charge >= 0.3 is 6.01 Å². The molecule has 3 heterocycles. The van der Waals surface area contributed by atoms with E-state index in [0.717, 1.165) is 46.7 Å². The van der Waals surface area contributed by atoms with Crippen LogP contribution in [0.3, 0.4) is 0 Å². The number of aromatic nitrogens is 3. The van der Waals surface area contributed by atoms with Crippen LogP contribution in [0.2, 0.25) is 0 Å². The summed E-state index contributed by atoms with van der Waals surface area (Å²) in [6.45, 7) is 2.78. The molecule has 1 N–H and O–H groups in total. The van der Waals surface area contributed by atoms with E-state index in [0.29, 0.717) is 25.5 Å². The third-order valence-electron chi connectivity index (χ3n) is 6.47. The van der Waals surface area contributed by atoms with Crippen LogP contribution in [0.25, 0.3) is 17.0 Å². The Balaban J connectivity index is 1.32. The van der Waals surface area contributed by atoms with E-state index < -0.39 is 6.04 Å². The minimum atomic E-state index is -0.617. The number of ether oxygens (including phenoxy) is 1. The second kappa shape index (κ2) is 9.75. The van der Waals surface area contributed by atoms with Crippen LogP contribution in [0.1, 0.15) is 16.7 Å². The molecule has 8 nitrogen and oxygen atoms in total. The average molecular weight is 480 g/mol. The minimum absolute atomic E-state index is 0.0310. The molecule has 0 radical (unpaired) electrons. The van der Waals surface area contributed by atoms with E-state index >= 15 is 0 Å². The average Bonchev–Trinajstić information content (AvgIpc) is 3.35. The van der Waals surface area contributed by atoms with E-state index in [9.17, 15) is 4.79 Å². The maximum Gasteiger partial charge on any atom is 0.316 e. The molecule has 0 spiro atoms. The van der Waals surface area contributed by atoms with Crippen LogP contribution in [0.15, 0.2) is 83.4 Å². The second-order valence-corrected chi connectivity index (χ2v) is 8.75. The molecule has 180 valence electrons. The molecule has 1 atom stereocenters. The van der Waals surface area contributed by atoms with Crippen molar-refractivity contribution >= 4 is 23.2 Å². The molecule has 36 heavy (non-hydrogen) atoms. The number of Topliss-reactive ketones (excluding diaryl/α,β-unsaturated/α-hetero) is 1. The van der Waals surface area contributed by atoms with Crippen LogP contribution in [0.4, 0.5) is 11.8 Å². The Hall–Kier alpha value is -4.30. The van der Waals surface area contributed by atoms with Crippen molar-refractivity contribution in [2.24, 2.45) is 0 Å². The molecule has 1 aliphatic heterocycles. The molecule has 6 rings (SSSR count). The number of morpholine rings is 1.